The highest BCUT2D eigenvalue weighted by Crippen LogP contribution is 2.54. The number of carbonyl (C=O) groups excluding carboxylic acids is 2. The van der Waals surface area contributed by atoms with Gasteiger partial charge in [0.1, 0.15) is 22.7 Å². The zero-order valence-corrected chi connectivity index (χ0v) is 20.8. The Kier molecular flexibility index (Phi) is 7.98. The maximum absolute atomic E-state index is 13.3. The van der Waals surface area contributed by atoms with Gasteiger partial charge in [0.2, 0.25) is 0 Å². The number of ether oxygens (including phenoxy) is 1. The Morgan fingerprint density at radius 3 is 2.39 bits per heavy atom. The molecule has 0 aliphatic carbocycles. The third-order valence-corrected chi connectivity index (χ3v) is 8.28. The molecule has 0 bridgehead atoms. The third-order valence-electron chi connectivity index (χ3n) is 6.53. The molecule has 33 heavy (non-hydrogen) atoms. The third kappa shape index (κ3) is 5.31. The Balaban J connectivity index is 1.68. The molecule has 0 saturated carbocycles. The van der Waals surface area contributed by atoms with Crippen LogP contribution in [-0.4, -0.2) is 55.6 Å². The van der Waals surface area contributed by atoms with Gasteiger partial charge in [-0.1, -0.05) is 57.2 Å². The molecule has 1 aromatic rings. The summed E-state index contributed by atoms with van der Waals surface area (Å²) in [4.78, 5) is 39.5. The van der Waals surface area contributed by atoms with Crippen LogP contribution < -0.4 is 10.1 Å². The standard InChI is InChI=1S/C25H36N2O5S/c1-5-6-7-8-9-13-16-18(32-17-14-11-10-12-15-17)20(28)26-25(4)22(31)27-19(21(29)30)24(2,3)33-23(25)27/h10-12,14-15,18-19,23H,5-9,13,16H2,1-4H3,(H,26,28)(H,29,30)/t18?,19-,23+,25-/m0/s1. The minimum Gasteiger partial charge on any atom is -0.481 e. The summed E-state index contributed by atoms with van der Waals surface area (Å²) in [6, 6.07) is 8.30. The number of β-lactam (4-membered cyclic amide) rings is 1. The lowest BCUT2D eigenvalue weighted by Gasteiger charge is -2.51. The van der Waals surface area contributed by atoms with Crippen molar-refractivity contribution in [3.63, 3.8) is 0 Å². The van der Waals surface area contributed by atoms with E-state index in [1.807, 2.05) is 44.2 Å². The Morgan fingerprint density at radius 1 is 1.12 bits per heavy atom. The lowest BCUT2D eigenvalue weighted by atomic mass is 9.86. The number of thioether (sulfide) groups is 1. The summed E-state index contributed by atoms with van der Waals surface area (Å²) in [5.41, 5.74) is -1.15. The molecular formula is C25H36N2O5S. The van der Waals surface area contributed by atoms with Crippen LogP contribution in [0.4, 0.5) is 0 Å². The van der Waals surface area contributed by atoms with Gasteiger partial charge in [-0.15, -0.1) is 11.8 Å². The highest BCUT2D eigenvalue weighted by Gasteiger charge is 2.70. The van der Waals surface area contributed by atoms with Gasteiger partial charge in [0.15, 0.2) is 6.10 Å². The second-order valence-corrected chi connectivity index (χ2v) is 11.4. The monoisotopic (exact) mass is 476 g/mol. The second kappa shape index (κ2) is 10.4. The van der Waals surface area contributed by atoms with E-state index in [2.05, 4.69) is 12.2 Å². The average molecular weight is 477 g/mol. The number of unbranched alkanes of at least 4 members (excludes halogenated alkanes) is 5. The van der Waals surface area contributed by atoms with Crippen molar-refractivity contribution in [2.45, 2.75) is 100 Å². The molecule has 8 heteroatoms. The van der Waals surface area contributed by atoms with Crippen molar-refractivity contribution in [3.05, 3.63) is 30.3 Å². The Morgan fingerprint density at radius 2 is 1.76 bits per heavy atom. The number of amides is 2. The summed E-state index contributed by atoms with van der Waals surface area (Å²) in [6.45, 7) is 7.51. The van der Waals surface area contributed by atoms with Crippen LogP contribution in [-0.2, 0) is 14.4 Å². The zero-order chi connectivity index (χ0) is 24.2. The molecule has 2 aliphatic rings. The first-order valence-corrected chi connectivity index (χ1v) is 12.8. The first kappa shape index (κ1) is 25.4. The van der Waals surface area contributed by atoms with Crippen LogP contribution in [0.5, 0.6) is 5.75 Å². The number of fused-ring (bicyclic) bond motifs is 1. The summed E-state index contributed by atoms with van der Waals surface area (Å²) in [7, 11) is 0. The molecule has 182 valence electrons. The molecule has 1 unspecified atom stereocenters. The Labute approximate surface area is 200 Å². The number of nitrogens with one attached hydrogen (secondary N) is 1. The van der Waals surface area contributed by atoms with Crippen LogP contribution in [0.1, 0.15) is 72.6 Å². The van der Waals surface area contributed by atoms with Crippen molar-refractivity contribution in [1.29, 1.82) is 0 Å². The van der Waals surface area contributed by atoms with Crippen molar-refractivity contribution in [3.8, 4) is 5.75 Å². The number of hydrogen-bond acceptors (Lipinski definition) is 5. The molecule has 0 radical (unpaired) electrons. The molecule has 7 nitrogen and oxygen atoms in total. The van der Waals surface area contributed by atoms with E-state index in [1.54, 1.807) is 6.92 Å². The van der Waals surface area contributed by atoms with Gasteiger partial charge in [0, 0.05) is 4.75 Å². The van der Waals surface area contributed by atoms with E-state index >= 15 is 0 Å². The highest BCUT2D eigenvalue weighted by molar-refractivity contribution is 8.01. The highest BCUT2D eigenvalue weighted by atomic mass is 32.2. The molecule has 2 aliphatic heterocycles. The SMILES string of the molecule is CCCCCCCCC(Oc1ccccc1)C(=O)N[C@@]1(C)C(=O)N2[C@@H](C(=O)O)C(C)(C)S[C@@H]21. The number of para-hydroxylation sites is 1. The zero-order valence-electron chi connectivity index (χ0n) is 20.0. The maximum atomic E-state index is 13.3. The number of nitrogens with zero attached hydrogens (tertiary/aromatic N) is 1. The van der Waals surface area contributed by atoms with Crippen LogP contribution in [0.15, 0.2) is 30.3 Å². The van der Waals surface area contributed by atoms with Gasteiger partial charge in [-0.3, -0.25) is 9.59 Å². The molecule has 4 atom stereocenters. The summed E-state index contributed by atoms with van der Waals surface area (Å²) in [6.07, 6.45) is 6.45. The quantitative estimate of drug-likeness (QED) is 0.347. The fourth-order valence-electron chi connectivity index (χ4n) is 4.69. The fraction of sp³-hybridized carbons (Fsp3) is 0.640. The predicted octanol–water partition coefficient (Wildman–Crippen LogP) is 4.21. The van der Waals surface area contributed by atoms with Crippen LogP contribution in [0.2, 0.25) is 0 Å². The molecule has 2 fully saturated rings. The molecule has 2 N–H and O–H groups in total. The Bertz CT molecular complexity index is 862. The molecular weight excluding hydrogens is 440 g/mol. The minimum absolute atomic E-state index is 0.333. The van der Waals surface area contributed by atoms with E-state index in [0.717, 1.165) is 19.3 Å². The van der Waals surface area contributed by atoms with Crippen molar-refractivity contribution in [2.75, 3.05) is 0 Å². The van der Waals surface area contributed by atoms with Crippen LogP contribution in [0, 0.1) is 0 Å². The van der Waals surface area contributed by atoms with Crippen LogP contribution in [0.25, 0.3) is 0 Å². The van der Waals surface area contributed by atoms with E-state index in [0.29, 0.717) is 12.2 Å². The van der Waals surface area contributed by atoms with Gasteiger partial charge in [0.05, 0.1) is 0 Å². The molecule has 1 aromatic carbocycles. The second-order valence-electron chi connectivity index (χ2n) is 9.69. The number of carboxylic acid groups (broad SMARTS) is 1. The largest absolute Gasteiger partial charge is 0.481 e. The van der Waals surface area contributed by atoms with Gasteiger partial charge in [-0.2, -0.15) is 0 Å². The van der Waals surface area contributed by atoms with Gasteiger partial charge in [-0.05, 0) is 45.7 Å². The number of rotatable bonds is 12. The predicted molar refractivity (Wildman–Crippen MR) is 129 cm³/mol. The first-order valence-electron chi connectivity index (χ1n) is 11.9. The minimum atomic E-state index is -1.15. The summed E-state index contributed by atoms with van der Waals surface area (Å²) < 4.78 is 5.38. The number of carboxylic acids is 1. The summed E-state index contributed by atoms with van der Waals surface area (Å²) in [5.74, 6) is -1.10. The molecule has 2 heterocycles. The van der Waals surface area contributed by atoms with Gasteiger partial charge in [0.25, 0.3) is 11.8 Å². The fourth-order valence-corrected chi connectivity index (χ4v) is 6.34. The van der Waals surface area contributed by atoms with Crippen LogP contribution >= 0.6 is 11.8 Å². The smallest absolute Gasteiger partial charge is 0.327 e. The molecule has 3 rings (SSSR count). The van der Waals surface area contributed by atoms with Crippen molar-refractivity contribution in [2.24, 2.45) is 0 Å². The van der Waals surface area contributed by atoms with Crippen molar-refractivity contribution in [1.82, 2.24) is 10.2 Å². The van der Waals surface area contributed by atoms with Gasteiger partial charge < -0.3 is 20.1 Å². The number of hydrogen-bond donors (Lipinski definition) is 2. The van der Waals surface area contributed by atoms with Crippen molar-refractivity contribution < 1.29 is 24.2 Å². The van der Waals surface area contributed by atoms with Crippen LogP contribution in [0.3, 0.4) is 0 Å². The van der Waals surface area contributed by atoms with E-state index in [9.17, 15) is 19.5 Å². The lowest BCUT2D eigenvalue weighted by Crippen LogP contribution is -2.78. The van der Waals surface area contributed by atoms with Gasteiger partial charge in [-0.25, -0.2) is 4.79 Å². The summed E-state index contributed by atoms with van der Waals surface area (Å²) >= 11 is 1.42. The molecule has 2 saturated heterocycles. The normalized spacial score (nSPS) is 26.3. The summed E-state index contributed by atoms with van der Waals surface area (Å²) in [5, 5.41) is 12.2. The number of carbonyl (C=O) groups is 3. The number of aliphatic carboxylic acids is 1. The van der Waals surface area contributed by atoms with E-state index in [4.69, 9.17) is 4.74 Å². The molecule has 2 amide bonds. The van der Waals surface area contributed by atoms with Gasteiger partial charge >= 0.3 is 5.97 Å². The first-order chi connectivity index (χ1) is 15.6. The average Bonchev–Trinajstić information content (AvgIpc) is 3.05. The lowest BCUT2D eigenvalue weighted by molar-refractivity contribution is -0.168. The van der Waals surface area contributed by atoms with E-state index < -0.39 is 33.8 Å². The topological polar surface area (TPSA) is 95.9 Å². The van der Waals surface area contributed by atoms with Crippen molar-refractivity contribution >= 4 is 29.5 Å². The number of benzene rings is 1. The van der Waals surface area contributed by atoms with E-state index in [1.165, 1.54) is 35.9 Å². The van der Waals surface area contributed by atoms with E-state index in [-0.39, 0.29) is 11.8 Å². The maximum Gasteiger partial charge on any atom is 0.327 e. The molecule has 0 aromatic heterocycles. The Hall–Kier alpha value is -2.22. The molecule has 0 spiro atoms.